The van der Waals surface area contributed by atoms with Crippen LogP contribution in [0.3, 0.4) is 0 Å². The molecule has 2 rings (SSSR count). The van der Waals surface area contributed by atoms with Crippen LogP contribution in [0.1, 0.15) is 11.1 Å². The van der Waals surface area contributed by atoms with E-state index in [1.807, 2.05) is 37.4 Å². The van der Waals surface area contributed by atoms with Crippen LogP contribution in [-0.4, -0.2) is 14.2 Å². The summed E-state index contributed by atoms with van der Waals surface area (Å²) in [4.78, 5) is 2.07. The molecule has 0 saturated carbocycles. The summed E-state index contributed by atoms with van der Waals surface area (Å²) in [5.41, 5.74) is 11.2. The number of nitrogens with zero attached hydrogens (tertiary/aromatic N) is 1. The molecule has 0 aliphatic carbocycles. The molecule has 0 aromatic heterocycles. The molecule has 0 radical (unpaired) electrons. The number of hydrogen-bond donors (Lipinski definition) is 1. The molecule has 0 amide bonds. The minimum atomic E-state index is 0.757. The van der Waals surface area contributed by atoms with E-state index in [0.717, 1.165) is 22.8 Å². The molecule has 0 heterocycles. The smallest absolute Gasteiger partial charge is 0.143 e. The number of para-hydroxylation sites is 2. The fourth-order valence-electron chi connectivity index (χ4n) is 2.42. The predicted octanol–water partition coefficient (Wildman–Crippen LogP) is 3.66. The molecule has 0 atom stereocenters. The summed E-state index contributed by atoms with van der Waals surface area (Å²) in [5, 5.41) is 0. The van der Waals surface area contributed by atoms with Gasteiger partial charge in [0, 0.05) is 7.05 Å². The lowest BCUT2D eigenvalue weighted by Crippen LogP contribution is -2.14. The van der Waals surface area contributed by atoms with Crippen molar-refractivity contribution < 1.29 is 4.74 Å². The summed E-state index contributed by atoms with van der Waals surface area (Å²) >= 11 is 0. The Balaban J connectivity index is 2.56. The number of ether oxygens (including phenoxy) is 1. The largest absolute Gasteiger partial charge is 0.495 e. The SMILES string of the molecule is COc1cc(C)cc(C)c1N(C)c1ccccc1N. The number of nitrogens with two attached hydrogens (primary N) is 1. The lowest BCUT2D eigenvalue weighted by molar-refractivity contribution is 0.415. The predicted molar refractivity (Wildman–Crippen MR) is 81.4 cm³/mol. The minimum Gasteiger partial charge on any atom is -0.495 e. The van der Waals surface area contributed by atoms with E-state index in [0.29, 0.717) is 0 Å². The maximum Gasteiger partial charge on any atom is 0.143 e. The van der Waals surface area contributed by atoms with Crippen molar-refractivity contribution in [2.45, 2.75) is 13.8 Å². The molecule has 0 spiro atoms. The third-order valence-electron chi connectivity index (χ3n) is 3.26. The molecule has 0 fully saturated rings. The van der Waals surface area contributed by atoms with Crippen molar-refractivity contribution in [3.63, 3.8) is 0 Å². The molecule has 2 N–H and O–H groups in total. The number of aryl methyl sites for hydroxylation is 2. The van der Waals surface area contributed by atoms with Gasteiger partial charge in [0.1, 0.15) is 5.75 Å². The van der Waals surface area contributed by atoms with Crippen molar-refractivity contribution in [1.82, 2.24) is 0 Å². The molecule has 0 aliphatic heterocycles. The molecule has 2 aromatic rings. The molecule has 2 aromatic carbocycles. The zero-order valence-electron chi connectivity index (χ0n) is 11.9. The van der Waals surface area contributed by atoms with Crippen LogP contribution in [0, 0.1) is 13.8 Å². The van der Waals surface area contributed by atoms with E-state index in [-0.39, 0.29) is 0 Å². The Kier molecular flexibility index (Phi) is 3.65. The summed E-state index contributed by atoms with van der Waals surface area (Å²) in [5.74, 6) is 0.864. The van der Waals surface area contributed by atoms with Gasteiger partial charge in [0.15, 0.2) is 0 Å². The number of benzene rings is 2. The van der Waals surface area contributed by atoms with Crippen LogP contribution in [-0.2, 0) is 0 Å². The van der Waals surface area contributed by atoms with Crippen molar-refractivity contribution >= 4 is 17.1 Å². The van der Waals surface area contributed by atoms with Crippen LogP contribution >= 0.6 is 0 Å². The van der Waals surface area contributed by atoms with Crippen LogP contribution in [0.2, 0.25) is 0 Å². The summed E-state index contributed by atoms with van der Waals surface area (Å²) in [6, 6.07) is 12.0. The molecule has 19 heavy (non-hydrogen) atoms. The number of rotatable bonds is 3. The minimum absolute atomic E-state index is 0.757. The van der Waals surface area contributed by atoms with Gasteiger partial charge in [-0.15, -0.1) is 0 Å². The van der Waals surface area contributed by atoms with Gasteiger partial charge >= 0.3 is 0 Å². The van der Waals surface area contributed by atoms with Crippen molar-refractivity contribution in [3.05, 3.63) is 47.5 Å². The summed E-state index contributed by atoms with van der Waals surface area (Å²) in [7, 11) is 3.70. The third-order valence-corrected chi connectivity index (χ3v) is 3.26. The van der Waals surface area contributed by atoms with E-state index in [1.165, 1.54) is 11.1 Å². The highest BCUT2D eigenvalue weighted by atomic mass is 16.5. The zero-order valence-corrected chi connectivity index (χ0v) is 11.9. The highest BCUT2D eigenvalue weighted by Gasteiger charge is 2.15. The van der Waals surface area contributed by atoms with Gasteiger partial charge in [-0.2, -0.15) is 0 Å². The van der Waals surface area contributed by atoms with Crippen molar-refractivity contribution in [2.75, 3.05) is 24.8 Å². The first-order valence-electron chi connectivity index (χ1n) is 6.28. The number of nitrogen functional groups attached to an aromatic ring is 1. The van der Waals surface area contributed by atoms with Gasteiger partial charge in [-0.1, -0.05) is 18.2 Å². The molecule has 0 saturated heterocycles. The quantitative estimate of drug-likeness (QED) is 0.852. The molecular formula is C16H20N2O. The Bertz CT molecular complexity index is 593. The van der Waals surface area contributed by atoms with Gasteiger partial charge in [0.25, 0.3) is 0 Å². The number of hydrogen-bond acceptors (Lipinski definition) is 3. The Labute approximate surface area is 114 Å². The Morgan fingerprint density at radius 1 is 1.11 bits per heavy atom. The van der Waals surface area contributed by atoms with E-state index in [4.69, 9.17) is 10.5 Å². The Hall–Kier alpha value is -2.16. The summed E-state index contributed by atoms with van der Waals surface area (Å²) in [6.07, 6.45) is 0. The van der Waals surface area contributed by atoms with Crippen LogP contribution in [0.5, 0.6) is 5.75 Å². The standard InChI is InChI=1S/C16H20N2O/c1-11-9-12(2)16(15(10-11)19-4)18(3)14-8-6-5-7-13(14)17/h5-10H,17H2,1-4H3. The molecule has 100 valence electrons. The fraction of sp³-hybridized carbons (Fsp3) is 0.250. The first-order valence-corrected chi connectivity index (χ1v) is 6.28. The molecule has 3 heteroatoms. The molecular weight excluding hydrogens is 236 g/mol. The van der Waals surface area contributed by atoms with E-state index >= 15 is 0 Å². The van der Waals surface area contributed by atoms with Gasteiger partial charge in [0.05, 0.1) is 24.2 Å². The van der Waals surface area contributed by atoms with E-state index in [9.17, 15) is 0 Å². The lowest BCUT2D eigenvalue weighted by atomic mass is 10.1. The van der Waals surface area contributed by atoms with Crippen LogP contribution in [0.4, 0.5) is 17.1 Å². The second-order valence-corrected chi connectivity index (χ2v) is 4.75. The summed E-state index contributed by atoms with van der Waals surface area (Å²) < 4.78 is 5.51. The van der Waals surface area contributed by atoms with Crippen LogP contribution < -0.4 is 15.4 Å². The first-order chi connectivity index (χ1) is 9.04. The van der Waals surface area contributed by atoms with E-state index in [1.54, 1.807) is 7.11 Å². The summed E-state index contributed by atoms with van der Waals surface area (Å²) in [6.45, 7) is 4.15. The van der Waals surface area contributed by atoms with Gasteiger partial charge < -0.3 is 15.4 Å². The van der Waals surface area contributed by atoms with E-state index < -0.39 is 0 Å². The number of methoxy groups -OCH3 is 1. The normalized spacial score (nSPS) is 10.3. The van der Waals surface area contributed by atoms with Crippen molar-refractivity contribution in [1.29, 1.82) is 0 Å². The van der Waals surface area contributed by atoms with Crippen molar-refractivity contribution in [3.8, 4) is 5.75 Å². The maximum absolute atomic E-state index is 6.05. The monoisotopic (exact) mass is 256 g/mol. The van der Waals surface area contributed by atoms with Gasteiger partial charge in [-0.3, -0.25) is 0 Å². The van der Waals surface area contributed by atoms with Crippen LogP contribution in [0.25, 0.3) is 0 Å². The molecule has 3 nitrogen and oxygen atoms in total. The highest BCUT2D eigenvalue weighted by molar-refractivity contribution is 5.79. The second kappa shape index (κ2) is 5.22. The average Bonchev–Trinajstić information content (AvgIpc) is 2.37. The third kappa shape index (κ3) is 2.50. The molecule has 0 unspecified atom stereocenters. The Morgan fingerprint density at radius 3 is 2.42 bits per heavy atom. The van der Waals surface area contributed by atoms with E-state index in [2.05, 4.69) is 24.8 Å². The van der Waals surface area contributed by atoms with Crippen molar-refractivity contribution in [2.24, 2.45) is 0 Å². The maximum atomic E-state index is 6.05. The average molecular weight is 256 g/mol. The zero-order chi connectivity index (χ0) is 14.0. The van der Waals surface area contributed by atoms with Crippen LogP contribution in [0.15, 0.2) is 36.4 Å². The highest BCUT2D eigenvalue weighted by Crippen LogP contribution is 2.38. The van der Waals surface area contributed by atoms with Gasteiger partial charge in [-0.25, -0.2) is 0 Å². The van der Waals surface area contributed by atoms with Gasteiger partial charge in [0.2, 0.25) is 0 Å². The fourth-order valence-corrected chi connectivity index (χ4v) is 2.42. The molecule has 0 aliphatic rings. The first kappa shape index (κ1) is 13.3. The Morgan fingerprint density at radius 2 is 1.79 bits per heavy atom. The van der Waals surface area contributed by atoms with Gasteiger partial charge in [-0.05, 0) is 43.2 Å². The lowest BCUT2D eigenvalue weighted by Gasteiger charge is -2.25. The number of anilines is 3. The second-order valence-electron chi connectivity index (χ2n) is 4.75. The molecule has 0 bridgehead atoms. The topological polar surface area (TPSA) is 38.5 Å².